The Kier molecular flexibility index (Phi) is 10.2. The molecule has 0 saturated carbocycles. The molecule has 322 valence electrons. The molecule has 0 radical (unpaired) electrons. The maximum atomic E-state index is 2.63. The highest BCUT2D eigenvalue weighted by Gasteiger charge is 2.46. The summed E-state index contributed by atoms with van der Waals surface area (Å²) < 4.78 is 2.63. The summed E-state index contributed by atoms with van der Waals surface area (Å²) in [5.41, 5.74) is 11.1. The number of benzene rings is 9. The third-order valence-electron chi connectivity index (χ3n) is 14.3. The van der Waals surface area contributed by atoms with Crippen molar-refractivity contribution in [2.75, 3.05) is 9.80 Å². The van der Waals surface area contributed by atoms with Crippen molar-refractivity contribution in [1.82, 2.24) is 0 Å². The Morgan fingerprint density at radius 1 is 0.478 bits per heavy atom. The van der Waals surface area contributed by atoms with Gasteiger partial charge in [-0.3, -0.25) is 0 Å². The third-order valence-corrected chi connectivity index (χ3v) is 20.3. The molecule has 0 spiro atoms. The van der Waals surface area contributed by atoms with Crippen LogP contribution in [0.15, 0.2) is 254 Å². The van der Waals surface area contributed by atoms with E-state index in [0.717, 1.165) is 17.8 Å². The first-order chi connectivity index (χ1) is 33.0. The molecule has 9 aromatic carbocycles. The number of hydrogen-bond donors (Lipinski definition) is 0. The topological polar surface area (TPSA) is 6.48 Å². The maximum Gasteiger partial charge on any atom is 0.181 e. The Morgan fingerprint density at radius 2 is 1.06 bits per heavy atom. The van der Waals surface area contributed by atoms with E-state index in [0.29, 0.717) is 0 Å². The lowest BCUT2D eigenvalue weighted by Gasteiger charge is -2.41. The van der Waals surface area contributed by atoms with Crippen LogP contribution in [0.1, 0.15) is 31.4 Å². The molecule has 0 saturated heterocycles. The zero-order chi connectivity index (χ0) is 45.0. The summed E-state index contributed by atoms with van der Waals surface area (Å²) >= 11 is 1.88. The van der Waals surface area contributed by atoms with Gasteiger partial charge in [-0.25, -0.2) is 0 Å². The van der Waals surface area contributed by atoms with E-state index in [1.165, 1.54) is 80.2 Å². The van der Waals surface area contributed by atoms with Crippen LogP contribution in [0.5, 0.6) is 0 Å². The Balaban J connectivity index is 1.09. The minimum atomic E-state index is -3.14. The molecule has 2 aliphatic rings. The van der Waals surface area contributed by atoms with E-state index in [-0.39, 0.29) is 11.5 Å². The highest BCUT2D eigenvalue weighted by Crippen LogP contribution is 2.51. The largest absolute Gasteiger partial charge is 0.334 e. The fourth-order valence-electron chi connectivity index (χ4n) is 11.2. The SMILES string of the molecule is CC1(C)c2ccccc2-c2ccc(N(c3ccccc3)c3ccccc3[Si](C3=CC(N(c4ccccc4)c4ccc5c(c4)sc4ccccc45)CC=C3)(c3ccccc3)c3ccccc3)cc21. The van der Waals surface area contributed by atoms with Crippen LogP contribution in [0.3, 0.4) is 0 Å². The van der Waals surface area contributed by atoms with Crippen molar-refractivity contribution in [1.29, 1.82) is 0 Å². The Labute approximate surface area is 399 Å². The summed E-state index contributed by atoms with van der Waals surface area (Å²) in [6.07, 6.45) is 8.42. The molecule has 0 amide bonds. The zero-order valence-electron chi connectivity index (χ0n) is 37.8. The molecule has 0 aliphatic heterocycles. The van der Waals surface area contributed by atoms with Gasteiger partial charge in [-0.15, -0.1) is 11.3 Å². The van der Waals surface area contributed by atoms with Crippen LogP contribution in [0.4, 0.5) is 28.4 Å². The molecule has 1 unspecified atom stereocenters. The Morgan fingerprint density at radius 3 is 1.81 bits per heavy atom. The molecule has 67 heavy (non-hydrogen) atoms. The van der Waals surface area contributed by atoms with E-state index in [1.54, 1.807) is 0 Å². The van der Waals surface area contributed by atoms with Gasteiger partial charge >= 0.3 is 0 Å². The summed E-state index contributed by atoms with van der Waals surface area (Å²) in [4.78, 5) is 5.11. The second kappa shape index (κ2) is 16.7. The molecule has 0 fully saturated rings. The minimum absolute atomic E-state index is 0.0477. The van der Waals surface area contributed by atoms with E-state index < -0.39 is 8.07 Å². The van der Waals surface area contributed by atoms with E-state index in [9.17, 15) is 0 Å². The molecule has 4 heteroatoms. The molecule has 0 bridgehead atoms. The molecular weight excluding hydrogens is 845 g/mol. The summed E-state index contributed by atoms with van der Waals surface area (Å²) in [5.74, 6) is 0. The summed E-state index contributed by atoms with van der Waals surface area (Å²) in [5, 5.41) is 8.04. The smallest absolute Gasteiger partial charge is 0.181 e. The van der Waals surface area contributed by atoms with Gasteiger partial charge in [-0.1, -0.05) is 202 Å². The number of fused-ring (bicyclic) bond motifs is 6. The average Bonchev–Trinajstić information content (AvgIpc) is 3.87. The van der Waals surface area contributed by atoms with E-state index >= 15 is 0 Å². The van der Waals surface area contributed by atoms with Gasteiger partial charge in [-0.05, 0) is 110 Å². The fraction of sp³-hybridized carbons (Fsp3) is 0.0794. The first-order valence-corrected chi connectivity index (χ1v) is 26.3. The molecule has 1 aromatic heterocycles. The van der Waals surface area contributed by atoms with Gasteiger partial charge in [-0.2, -0.15) is 0 Å². The van der Waals surface area contributed by atoms with Crippen molar-refractivity contribution in [3.8, 4) is 11.1 Å². The lowest BCUT2D eigenvalue weighted by atomic mass is 9.82. The standard InChI is InChI=1S/C63H50N2SSi/c1-63(2)57-34-17-15-32-53(57)54-40-38-48(43-58(54)63)65(46-24-9-4-10-25-46)59-35-18-20-37-62(59)67(50-27-11-5-12-28-50,51-29-13-6-14-30-51)52-31-21-26-47(42-52)64(45-22-7-3-8-23-45)49-39-41-56-55-33-16-19-36-60(55)66-61(56)44-49/h3-25,27-44,47H,26H2,1-2H3. The van der Waals surface area contributed by atoms with Gasteiger partial charge < -0.3 is 9.80 Å². The first-order valence-electron chi connectivity index (χ1n) is 23.4. The van der Waals surface area contributed by atoms with Gasteiger partial charge in [0.25, 0.3) is 0 Å². The van der Waals surface area contributed by atoms with Crippen molar-refractivity contribution in [2.45, 2.75) is 31.7 Å². The molecule has 1 atom stereocenters. The van der Waals surface area contributed by atoms with Crippen LogP contribution in [0.2, 0.25) is 0 Å². The van der Waals surface area contributed by atoms with Gasteiger partial charge in [0.2, 0.25) is 0 Å². The predicted octanol–water partition coefficient (Wildman–Crippen LogP) is 14.9. The van der Waals surface area contributed by atoms with Crippen LogP contribution in [-0.4, -0.2) is 14.1 Å². The molecule has 1 heterocycles. The number of anilines is 5. The normalized spacial score (nSPS) is 15.0. The number of rotatable bonds is 10. The lowest BCUT2D eigenvalue weighted by Crippen LogP contribution is -2.69. The predicted molar refractivity (Wildman–Crippen MR) is 290 cm³/mol. The molecule has 12 rings (SSSR count). The highest BCUT2D eigenvalue weighted by atomic mass is 32.1. The Bertz CT molecular complexity index is 3440. The van der Waals surface area contributed by atoms with Gasteiger partial charge in [0.15, 0.2) is 8.07 Å². The lowest BCUT2D eigenvalue weighted by molar-refractivity contribution is 0.660. The van der Waals surface area contributed by atoms with Crippen molar-refractivity contribution in [3.63, 3.8) is 0 Å². The van der Waals surface area contributed by atoms with Crippen molar-refractivity contribution < 1.29 is 0 Å². The highest BCUT2D eigenvalue weighted by molar-refractivity contribution is 7.25. The molecule has 10 aromatic rings. The van der Waals surface area contributed by atoms with Crippen LogP contribution in [0, 0.1) is 0 Å². The number of para-hydroxylation sites is 3. The monoisotopic (exact) mass is 894 g/mol. The summed E-state index contributed by atoms with van der Waals surface area (Å²) in [7, 11) is -3.14. The Hall–Kier alpha value is -7.50. The second-order valence-corrected chi connectivity index (χ2v) is 23.2. The summed E-state index contributed by atoms with van der Waals surface area (Å²) in [6.45, 7) is 4.76. The molecule has 2 aliphatic carbocycles. The van der Waals surface area contributed by atoms with Crippen molar-refractivity contribution in [3.05, 3.63) is 265 Å². The fourth-order valence-corrected chi connectivity index (χ4v) is 17.4. The van der Waals surface area contributed by atoms with Crippen molar-refractivity contribution in [2.24, 2.45) is 0 Å². The van der Waals surface area contributed by atoms with Crippen LogP contribution < -0.4 is 25.4 Å². The number of nitrogens with zero attached hydrogens (tertiary/aromatic N) is 2. The molecular formula is C63H50N2SSi. The van der Waals surface area contributed by atoms with Gasteiger partial charge in [0.05, 0.1) is 6.04 Å². The van der Waals surface area contributed by atoms with Crippen molar-refractivity contribution >= 4 is 83.6 Å². The molecule has 2 nitrogen and oxygen atoms in total. The zero-order valence-corrected chi connectivity index (χ0v) is 39.6. The van der Waals surface area contributed by atoms with E-state index in [1.807, 2.05) is 11.3 Å². The number of hydrogen-bond acceptors (Lipinski definition) is 3. The first kappa shape index (κ1) is 41.0. The third kappa shape index (κ3) is 6.82. The second-order valence-electron chi connectivity index (χ2n) is 18.4. The quantitative estimate of drug-likeness (QED) is 0.0997. The van der Waals surface area contributed by atoms with E-state index in [4.69, 9.17) is 0 Å². The average molecular weight is 895 g/mol. The van der Waals surface area contributed by atoms with Gasteiger partial charge in [0, 0.05) is 54.0 Å². The van der Waals surface area contributed by atoms with Crippen LogP contribution >= 0.6 is 11.3 Å². The number of allylic oxidation sites excluding steroid dienone is 2. The molecule has 0 N–H and O–H groups in total. The van der Waals surface area contributed by atoms with Gasteiger partial charge in [0.1, 0.15) is 0 Å². The van der Waals surface area contributed by atoms with Crippen LogP contribution in [-0.2, 0) is 5.41 Å². The van der Waals surface area contributed by atoms with Crippen LogP contribution in [0.25, 0.3) is 31.3 Å². The number of thiophene rings is 1. The van der Waals surface area contributed by atoms with E-state index in [2.05, 4.69) is 272 Å². The minimum Gasteiger partial charge on any atom is -0.334 e. The maximum absolute atomic E-state index is 3.14. The summed E-state index contributed by atoms with van der Waals surface area (Å²) in [6, 6.07) is 86.1.